The van der Waals surface area contributed by atoms with Crippen LogP contribution >= 0.6 is 10.5 Å². The van der Waals surface area contributed by atoms with E-state index in [4.69, 9.17) is 4.74 Å². The number of carbonyl (C=O) groups excluding carboxylic acids is 1. The summed E-state index contributed by atoms with van der Waals surface area (Å²) >= 11 is 0. The zero-order valence-corrected chi connectivity index (χ0v) is 20.1. The van der Waals surface area contributed by atoms with Crippen molar-refractivity contribution in [1.29, 1.82) is 0 Å². The van der Waals surface area contributed by atoms with E-state index in [9.17, 15) is 4.79 Å². The molecular formula is C30H29O2S+. The second-order valence-corrected chi connectivity index (χ2v) is 11.3. The van der Waals surface area contributed by atoms with Crippen LogP contribution in [-0.2, 0) is 4.74 Å². The molecule has 5 rings (SSSR count). The van der Waals surface area contributed by atoms with Crippen molar-refractivity contribution in [3.8, 4) is 16.7 Å². The summed E-state index contributed by atoms with van der Waals surface area (Å²) in [6, 6.07) is 25.1. The standard InChI is InChI=1S/C30H29O2S/c1-30(2,20-19-22-11-4-3-5-12-22)32-29(31)23-13-10-14-24(21-23)33-27-17-8-6-15-25(27)26-16-7-9-18-28(26)33/h6-10,13-18,21-22H,3-5,11-12H2,1-2H3/q+1. The maximum Gasteiger partial charge on any atom is 0.339 e. The summed E-state index contributed by atoms with van der Waals surface area (Å²) in [5.74, 6) is 6.72. The number of thiophene rings is 1. The van der Waals surface area contributed by atoms with E-state index in [2.05, 4.69) is 66.4 Å². The first-order valence-electron chi connectivity index (χ1n) is 11.8. The monoisotopic (exact) mass is 453 g/mol. The average Bonchev–Trinajstić information content (AvgIpc) is 3.18. The fourth-order valence-corrected chi connectivity index (χ4v) is 7.13. The minimum absolute atomic E-state index is 0.233. The van der Waals surface area contributed by atoms with Crippen LogP contribution in [0.3, 0.4) is 0 Å². The van der Waals surface area contributed by atoms with E-state index in [1.807, 2.05) is 32.0 Å². The lowest BCUT2D eigenvalue weighted by Gasteiger charge is -2.20. The molecule has 0 bridgehead atoms. The maximum absolute atomic E-state index is 13.1. The van der Waals surface area contributed by atoms with Crippen molar-refractivity contribution in [2.75, 3.05) is 0 Å². The molecule has 1 aliphatic rings. The molecule has 166 valence electrons. The van der Waals surface area contributed by atoms with Crippen LogP contribution in [0.25, 0.3) is 25.1 Å². The van der Waals surface area contributed by atoms with Gasteiger partial charge in [-0.2, -0.15) is 0 Å². The largest absolute Gasteiger partial charge is 0.443 e. The highest BCUT2D eigenvalue weighted by molar-refractivity contribution is 7.50. The molecule has 1 saturated carbocycles. The summed E-state index contributed by atoms with van der Waals surface area (Å²) < 4.78 is 8.48. The van der Waals surface area contributed by atoms with Gasteiger partial charge in [-0.05, 0) is 63.1 Å². The Labute approximate surface area is 198 Å². The smallest absolute Gasteiger partial charge is 0.339 e. The minimum atomic E-state index is -0.806. The lowest BCUT2D eigenvalue weighted by atomic mass is 9.89. The molecule has 0 N–H and O–H groups in total. The first-order chi connectivity index (χ1) is 16.0. The number of carbonyl (C=O) groups is 1. The molecule has 0 aliphatic heterocycles. The lowest BCUT2D eigenvalue weighted by molar-refractivity contribution is 0.0203. The topological polar surface area (TPSA) is 26.3 Å². The van der Waals surface area contributed by atoms with Crippen LogP contribution in [0.5, 0.6) is 0 Å². The van der Waals surface area contributed by atoms with E-state index < -0.39 is 5.60 Å². The van der Waals surface area contributed by atoms with E-state index in [-0.39, 0.29) is 16.4 Å². The predicted octanol–water partition coefficient (Wildman–Crippen LogP) is 8.25. The van der Waals surface area contributed by atoms with Crippen molar-refractivity contribution in [3.05, 3.63) is 78.4 Å². The van der Waals surface area contributed by atoms with E-state index in [0.29, 0.717) is 11.5 Å². The zero-order valence-electron chi connectivity index (χ0n) is 19.3. The van der Waals surface area contributed by atoms with Crippen LogP contribution in [0.2, 0.25) is 0 Å². The van der Waals surface area contributed by atoms with E-state index in [1.54, 1.807) is 0 Å². The Hall–Kier alpha value is -3.09. The van der Waals surface area contributed by atoms with Crippen molar-refractivity contribution in [2.45, 2.75) is 51.6 Å². The zero-order chi connectivity index (χ0) is 22.8. The molecule has 2 nitrogen and oxygen atoms in total. The minimum Gasteiger partial charge on any atom is -0.443 e. The molecule has 0 unspecified atom stereocenters. The fraction of sp³-hybridized carbons (Fsp3) is 0.300. The first-order valence-corrected chi connectivity index (χ1v) is 13.0. The fourth-order valence-electron chi connectivity index (χ4n) is 4.70. The van der Waals surface area contributed by atoms with E-state index in [0.717, 1.165) is 17.7 Å². The Balaban J connectivity index is 1.45. The summed E-state index contributed by atoms with van der Waals surface area (Å²) in [7, 11) is -0.233. The predicted molar refractivity (Wildman–Crippen MR) is 139 cm³/mol. The summed E-state index contributed by atoms with van der Waals surface area (Å²) in [6.45, 7) is 3.77. The summed E-state index contributed by atoms with van der Waals surface area (Å²) in [5.41, 5.74) is -0.228. The molecule has 0 saturated heterocycles. The van der Waals surface area contributed by atoms with Crippen LogP contribution in [0, 0.1) is 17.8 Å². The van der Waals surface area contributed by atoms with Gasteiger partial charge in [-0.25, -0.2) is 4.79 Å². The van der Waals surface area contributed by atoms with Crippen LogP contribution in [0.15, 0.2) is 72.8 Å². The van der Waals surface area contributed by atoms with E-state index in [1.165, 1.54) is 39.4 Å². The van der Waals surface area contributed by atoms with Gasteiger partial charge in [-0.3, -0.25) is 0 Å². The number of fused-ring (bicyclic) bond motifs is 3. The number of hydrogen-bond donors (Lipinski definition) is 0. The number of ether oxygens (including phenoxy) is 1. The van der Waals surface area contributed by atoms with Crippen LogP contribution < -0.4 is 0 Å². The molecule has 1 aliphatic carbocycles. The molecule has 1 fully saturated rings. The van der Waals surface area contributed by atoms with Crippen LogP contribution in [-0.4, -0.2) is 11.6 Å². The van der Waals surface area contributed by atoms with Gasteiger partial charge in [0.05, 0.1) is 5.56 Å². The van der Waals surface area contributed by atoms with Crippen LogP contribution in [0.1, 0.15) is 56.3 Å². The van der Waals surface area contributed by atoms with Gasteiger partial charge >= 0.3 is 5.97 Å². The molecule has 0 atom stereocenters. The molecular weight excluding hydrogens is 424 g/mol. The third-order valence-electron chi connectivity index (χ3n) is 6.34. The number of hydrogen-bond acceptors (Lipinski definition) is 2. The maximum atomic E-state index is 13.1. The van der Waals surface area contributed by atoms with Crippen molar-refractivity contribution in [1.82, 2.24) is 0 Å². The second kappa shape index (κ2) is 9.04. The van der Waals surface area contributed by atoms with Crippen LogP contribution in [0.4, 0.5) is 0 Å². The van der Waals surface area contributed by atoms with Crippen molar-refractivity contribution < 1.29 is 9.53 Å². The van der Waals surface area contributed by atoms with Gasteiger partial charge in [-0.1, -0.05) is 61.4 Å². The van der Waals surface area contributed by atoms with Gasteiger partial charge in [0.15, 0.2) is 19.9 Å². The lowest BCUT2D eigenvalue weighted by Crippen LogP contribution is -2.26. The Morgan fingerprint density at radius 2 is 1.52 bits per heavy atom. The Bertz CT molecular complexity index is 1320. The van der Waals surface area contributed by atoms with Gasteiger partial charge in [0.1, 0.15) is 0 Å². The Morgan fingerprint density at radius 3 is 2.18 bits per heavy atom. The third-order valence-corrected chi connectivity index (χ3v) is 8.66. The summed E-state index contributed by atoms with van der Waals surface area (Å²) in [4.78, 5) is 14.2. The second-order valence-electron chi connectivity index (χ2n) is 9.33. The first kappa shape index (κ1) is 21.7. The molecule has 33 heavy (non-hydrogen) atoms. The van der Waals surface area contributed by atoms with Crippen molar-refractivity contribution in [3.63, 3.8) is 0 Å². The number of benzene rings is 3. The average molecular weight is 454 g/mol. The molecule has 1 heterocycles. The highest BCUT2D eigenvalue weighted by Gasteiger charge is 2.26. The SMILES string of the molecule is CC(C)(C#CC1CCCCC1)OC(=O)c1cccc(-[s+]2c3ccccc3c3ccccc32)c1. The third kappa shape index (κ3) is 4.54. The van der Waals surface area contributed by atoms with Crippen molar-refractivity contribution in [2.24, 2.45) is 5.92 Å². The van der Waals surface area contributed by atoms with Gasteiger partial charge in [-0.15, -0.1) is 0 Å². The normalized spacial score (nSPS) is 14.7. The summed E-state index contributed by atoms with van der Waals surface area (Å²) in [6.07, 6.45) is 6.12. The van der Waals surface area contributed by atoms with Gasteiger partial charge in [0.2, 0.25) is 0 Å². The highest BCUT2D eigenvalue weighted by atomic mass is 32.2. The number of rotatable bonds is 3. The molecule has 4 aromatic rings. The Morgan fingerprint density at radius 1 is 0.879 bits per heavy atom. The number of esters is 1. The molecule has 1 aromatic heterocycles. The molecule has 0 spiro atoms. The Kier molecular flexibility index (Phi) is 5.96. The van der Waals surface area contributed by atoms with Gasteiger partial charge in [0, 0.05) is 33.2 Å². The van der Waals surface area contributed by atoms with Crippen molar-refractivity contribution >= 4 is 36.6 Å². The molecule has 0 amide bonds. The molecule has 3 aromatic carbocycles. The van der Waals surface area contributed by atoms with Gasteiger partial charge in [0.25, 0.3) is 0 Å². The highest BCUT2D eigenvalue weighted by Crippen LogP contribution is 2.48. The molecule has 0 radical (unpaired) electrons. The van der Waals surface area contributed by atoms with Gasteiger partial charge < -0.3 is 4.74 Å². The van der Waals surface area contributed by atoms with E-state index >= 15 is 0 Å². The summed E-state index contributed by atoms with van der Waals surface area (Å²) in [5, 5.41) is 2.56. The molecule has 3 heteroatoms. The quantitative estimate of drug-likeness (QED) is 0.177.